The zero-order valence-corrected chi connectivity index (χ0v) is 44.9. The van der Waals surface area contributed by atoms with E-state index in [-0.39, 0.29) is 41.6 Å². The van der Waals surface area contributed by atoms with Gasteiger partial charge in [0.2, 0.25) is 11.8 Å². The lowest BCUT2D eigenvalue weighted by molar-refractivity contribution is -0.137. The lowest BCUT2D eigenvalue weighted by atomic mass is 9.87. The van der Waals surface area contributed by atoms with Crippen molar-refractivity contribution in [1.29, 1.82) is 0 Å². The van der Waals surface area contributed by atoms with Gasteiger partial charge in [-0.25, -0.2) is 28.6 Å². The van der Waals surface area contributed by atoms with E-state index in [1.807, 2.05) is 0 Å². The van der Waals surface area contributed by atoms with E-state index in [0.29, 0.717) is 12.2 Å². The number of carbonyl (C=O) groups excluding carboxylic acids is 3. The second-order valence-corrected chi connectivity index (χ2v) is 24.1. The third-order valence-corrected chi connectivity index (χ3v) is 15.9. The number of nitrogen functional groups attached to an aromatic ring is 1. The zero-order chi connectivity index (χ0) is 52.7. The number of fused-ring (bicyclic) bond motifs is 1. The van der Waals surface area contributed by atoms with Crippen molar-refractivity contribution < 1.29 is 80.5 Å². The minimum absolute atomic E-state index is 0.0342. The van der Waals surface area contributed by atoms with Crippen molar-refractivity contribution in [2.45, 2.75) is 180 Å². The summed E-state index contributed by atoms with van der Waals surface area (Å²) >= 11 is 1.16. The van der Waals surface area contributed by atoms with Crippen molar-refractivity contribution in [3.8, 4) is 0 Å². The zero-order valence-electron chi connectivity index (χ0n) is 41.4. The molecule has 1 fully saturated rings. The van der Waals surface area contributed by atoms with Crippen LogP contribution in [0.15, 0.2) is 12.7 Å². The molecular weight excluding hydrogens is 1010 g/mol. The van der Waals surface area contributed by atoms with Crippen molar-refractivity contribution in [3.63, 3.8) is 0 Å². The summed E-state index contributed by atoms with van der Waals surface area (Å²) in [5, 5.41) is 26.7. The Morgan fingerprint density at radius 1 is 0.845 bits per heavy atom. The van der Waals surface area contributed by atoms with Gasteiger partial charge in [0, 0.05) is 37.1 Å². The highest BCUT2D eigenvalue weighted by Gasteiger charge is 2.50. The van der Waals surface area contributed by atoms with Crippen molar-refractivity contribution in [2.75, 3.05) is 37.8 Å². The molecule has 3 heterocycles. The van der Waals surface area contributed by atoms with E-state index in [1.165, 1.54) is 104 Å². The van der Waals surface area contributed by atoms with Gasteiger partial charge < -0.3 is 50.9 Å². The molecule has 408 valence electrons. The van der Waals surface area contributed by atoms with E-state index in [2.05, 4.69) is 48.3 Å². The highest BCUT2D eigenvalue weighted by Crippen LogP contribution is 2.61. The lowest BCUT2D eigenvalue weighted by Gasteiger charge is -2.30. The molecule has 0 aliphatic carbocycles. The van der Waals surface area contributed by atoms with Crippen LogP contribution in [0.1, 0.15) is 156 Å². The Morgan fingerprint density at radius 2 is 1.44 bits per heavy atom. The minimum atomic E-state index is -5.58. The van der Waals surface area contributed by atoms with Crippen LogP contribution in [0.2, 0.25) is 0 Å². The van der Waals surface area contributed by atoms with Crippen LogP contribution in [-0.4, -0.2) is 123 Å². The maximum Gasteiger partial charge on any atom is 0.481 e. The van der Waals surface area contributed by atoms with Crippen LogP contribution < -0.4 is 16.4 Å². The van der Waals surface area contributed by atoms with Gasteiger partial charge in [0.15, 0.2) is 22.8 Å². The van der Waals surface area contributed by atoms with Crippen molar-refractivity contribution in [1.82, 2.24) is 30.2 Å². The summed E-state index contributed by atoms with van der Waals surface area (Å²) < 4.78 is 62.5. The van der Waals surface area contributed by atoms with Crippen LogP contribution in [0.5, 0.6) is 0 Å². The maximum atomic E-state index is 12.8. The molecule has 2 aromatic rings. The normalized spacial score (nSPS) is 20.1. The molecule has 24 nitrogen and oxygen atoms in total. The first-order chi connectivity index (χ1) is 33.4. The number of hydrogen-bond donors (Lipinski definition) is 9. The SMILES string of the molecule is CCCCCCCCCCCC(C)CCCCCCCCC(=O)SCCNC(=O)CCNC(=O)C(O)C(C)(C)COP(=O)(O)OP(=O)(O)OCC1OC(n2cnc3c(N)ncnc32)C(O)C1OP(=O)(O)O. The van der Waals surface area contributed by atoms with Gasteiger partial charge in [-0.2, -0.15) is 4.31 Å². The number of carbonyl (C=O) groups is 3. The molecule has 0 spiro atoms. The Morgan fingerprint density at radius 3 is 2.06 bits per heavy atom. The lowest BCUT2D eigenvalue weighted by Crippen LogP contribution is -2.46. The number of unbranched alkanes of at least 4 members (excludes halogenated alkanes) is 13. The van der Waals surface area contributed by atoms with Gasteiger partial charge in [-0.05, 0) is 12.3 Å². The first-order valence-electron chi connectivity index (χ1n) is 24.5. The van der Waals surface area contributed by atoms with Crippen molar-refractivity contribution in [3.05, 3.63) is 12.7 Å². The topological polar surface area (TPSA) is 364 Å². The molecule has 71 heavy (non-hydrogen) atoms. The molecule has 8 unspecified atom stereocenters. The fourth-order valence-electron chi connectivity index (χ4n) is 7.78. The highest BCUT2D eigenvalue weighted by molar-refractivity contribution is 8.13. The van der Waals surface area contributed by atoms with Gasteiger partial charge in [0.05, 0.1) is 19.5 Å². The number of aliphatic hydroxyl groups excluding tert-OH is 2. The summed E-state index contributed by atoms with van der Waals surface area (Å²) in [5.74, 6) is -0.228. The summed E-state index contributed by atoms with van der Waals surface area (Å²) in [6.45, 7) is 5.21. The van der Waals surface area contributed by atoms with Crippen LogP contribution in [0.4, 0.5) is 5.82 Å². The van der Waals surface area contributed by atoms with Gasteiger partial charge in [-0.3, -0.25) is 32.5 Å². The number of amides is 2. The predicted octanol–water partition coefficient (Wildman–Crippen LogP) is 6.34. The molecule has 1 aliphatic rings. The quantitative estimate of drug-likeness (QED) is 0.0261. The van der Waals surface area contributed by atoms with E-state index in [9.17, 15) is 57.9 Å². The number of nitrogens with one attached hydrogen (secondary N) is 2. The van der Waals surface area contributed by atoms with Crippen LogP contribution in [0.25, 0.3) is 11.2 Å². The number of thioether (sulfide) groups is 1. The first kappa shape index (κ1) is 62.9. The molecule has 0 radical (unpaired) electrons. The number of anilines is 1. The number of nitrogens with zero attached hydrogens (tertiary/aromatic N) is 4. The fraction of sp³-hybridized carbons (Fsp3) is 0.814. The molecule has 0 bridgehead atoms. The number of hydrogen-bond acceptors (Lipinski definition) is 18. The number of phosphoric acid groups is 3. The average Bonchev–Trinajstić information content (AvgIpc) is 3.86. The van der Waals surface area contributed by atoms with Crippen LogP contribution in [0, 0.1) is 11.3 Å². The van der Waals surface area contributed by atoms with E-state index in [0.717, 1.165) is 54.2 Å². The Labute approximate surface area is 420 Å². The number of aromatic nitrogens is 4. The van der Waals surface area contributed by atoms with Gasteiger partial charge >= 0.3 is 23.5 Å². The number of rotatable bonds is 38. The molecule has 3 rings (SSSR count). The highest BCUT2D eigenvalue weighted by atomic mass is 32.2. The number of phosphoric ester groups is 3. The molecule has 0 aromatic carbocycles. The van der Waals surface area contributed by atoms with Crippen molar-refractivity contribution in [2.24, 2.45) is 11.3 Å². The first-order valence-corrected chi connectivity index (χ1v) is 30.0. The average molecular weight is 1090 g/mol. The standard InChI is InChI=1S/C43H78N7O17P3S/c1-5-6-7-8-9-10-11-14-17-20-31(2)21-18-15-12-13-16-19-22-34(52)71-26-25-45-33(51)23-24-46-41(55)38(54)43(3,4)28-64-70(61,62)67-69(59,60)63-27-32-37(66-68(56,57)58)36(53)42(65-32)50-30-49-35-39(44)47-29-48-40(35)50/h29-32,36-38,42,53-54H,5-28H2,1-4H3,(H,45,51)(H,46,55)(H,59,60)(H,61,62)(H2,44,47,48)(H2,56,57,58). The molecule has 8 atom stereocenters. The van der Waals surface area contributed by atoms with Gasteiger partial charge in [-0.1, -0.05) is 142 Å². The number of imidazole rings is 1. The molecule has 0 saturated carbocycles. The van der Waals surface area contributed by atoms with Crippen LogP contribution in [-0.2, 0) is 50.7 Å². The second-order valence-electron chi connectivity index (χ2n) is 18.7. The fourth-order valence-corrected chi connectivity index (χ4v) is 11.3. The van der Waals surface area contributed by atoms with E-state index in [1.54, 1.807) is 0 Å². The second kappa shape index (κ2) is 31.4. The minimum Gasteiger partial charge on any atom is -0.386 e. The van der Waals surface area contributed by atoms with E-state index >= 15 is 0 Å². The predicted molar refractivity (Wildman–Crippen MR) is 265 cm³/mol. The molecule has 10 N–H and O–H groups in total. The monoisotopic (exact) mass is 1090 g/mol. The summed E-state index contributed by atoms with van der Waals surface area (Å²) in [7, 11) is -16.4. The third kappa shape index (κ3) is 24.2. The summed E-state index contributed by atoms with van der Waals surface area (Å²) in [4.78, 5) is 88.6. The molecule has 28 heteroatoms. The van der Waals surface area contributed by atoms with Gasteiger partial charge in [-0.15, -0.1) is 0 Å². The molecule has 1 saturated heterocycles. The summed E-state index contributed by atoms with van der Waals surface area (Å²) in [5.41, 5.74) is 4.29. The maximum absolute atomic E-state index is 12.8. The van der Waals surface area contributed by atoms with Crippen molar-refractivity contribution >= 4 is 69.1 Å². The molecular formula is C43H78N7O17P3S. The molecule has 2 amide bonds. The largest absolute Gasteiger partial charge is 0.481 e. The molecule has 1 aliphatic heterocycles. The Kier molecular flexibility index (Phi) is 27.8. The molecule has 2 aromatic heterocycles. The Hall–Kier alpha value is -2.44. The number of ether oxygens (including phenoxy) is 1. The Bertz CT molecular complexity index is 2080. The smallest absolute Gasteiger partial charge is 0.386 e. The van der Waals surface area contributed by atoms with Gasteiger partial charge in [0.25, 0.3) is 0 Å². The van der Waals surface area contributed by atoms with E-state index < -0.39 is 84.6 Å². The van der Waals surface area contributed by atoms with Crippen LogP contribution in [0.3, 0.4) is 0 Å². The number of nitrogens with two attached hydrogens (primary N) is 1. The Balaban J connectivity index is 1.26. The van der Waals surface area contributed by atoms with Gasteiger partial charge in [0.1, 0.15) is 36.3 Å². The van der Waals surface area contributed by atoms with E-state index in [4.69, 9.17) is 19.5 Å². The summed E-state index contributed by atoms with van der Waals surface area (Å²) in [6.07, 6.45) is 15.1. The third-order valence-electron chi connectivity index (χ3n) is 11.9. The van der Waals surface area contributed by atoms with Crippen LogP contribution >= 0.6 is 35.2 Å². The summed E-state index contributed by atoms with van der Waals surface area (Å²) in [6, 6.07) is 0. The number of aliphatic hydroxyl groups is 2.